The molecule has 2 aromatic rings. The Morgan fingerprint density at radius 3 is 2.37 bits per heavy atom. The summed E-state index contributed by atoms with van der Waals surface area (Å²) in [5.41, 5.74) is -3.85. The van der Waals surface area contributed by atoms with Crippen LogP contribution in [0.2, 0.25) is 0 Å². The summed E-state index contributed by atoms with van der Waals surface area (Å²) in [6.07, 6.45) is -4.44. The standard InChI is InChI=1S/C51H73N3O14/c1-13-35-51(9)41-37(46(60)68-51)53-26-48(41,6)42(57)27(2)23-50(8,62-20-16-17-31-22-32-18-14-15-19-33(32)52-25-31)44(67-47-39(56)34(54(10)11)21-28(3)63-47)40(38(55)29(4)45(59)65-35)66-36-24-49(7,61-12)43(58)30(5)64-36/h14-19,22,25,27-30,34-37,39-41,43-44,47,53,56,58H,13,20-21,23-24,26H2,1-12H3/b17-16+/t27-,28-,29-,30+,34+,35-,36?,37?,39-,40+,41?,43?,44-,47+,48?,49-,50+,51-/m1/s1. The van der Waals surface area contributed by atoms with Crippen LogP contribution in [0.5, 0.6) is 0 Å². The zero-order valence-electron chi connectivity index (χ0n) is 41.6. The molecule has 18 atom stereocenters. The van der Waals surface area contributed by atoms with Gasteiger partial charge in [0.25, 0.3) is 0 Å². The minimum Gasteiger partial charge on any atom is -0.458 e. The van der Waals surface area contributed by atoms with E-state index in [2.05, 4.69) is 10.3 Å². The van der Waals surface area contributed by atoms with E-state index in [9.17, 15) is 19.8 Å². The number of carbonyl (C=O) groups excluding carboxylic acids is 4. The number of aromatic nitrogens is 1. The Hall–Kier alpha value is -3.75. The van der Waals surface area contributed by atoms with Crippen molar-refractivity contribution in [1.82, 2.24) is 15.2 Å². The number of carbonyl (C=O) groups is 4. The lowest BCUT2D eigenvalue weighted by molar-refractivity contribution is -0.328. The summed E-state index contributed by atoms with van der Waals surface area (Å²) in [7, 11) is 5.15. The first-order valence-corrected chi connectivity index (χ1v) is 24.1. The number of para-hydroxylation sites is 1. The maximum Gasteiger partial charge on any atom is 0.324 e. The molecule has 7 rings (SSSR count). The molecule has 0 spiro atoms. The summed E-state index contributed by atoms with van der Waals surface area (Å²) >= 11 is 0. The van der Waals surface area contributed by atoms with Crippen LogP contribution in [0.25, 0.3) is 17.0 Å². The first-order chi connectivity index (χ1) is 32.0. The predicted molar refractivity (Wildman–Crippen MR) is 249 cm³/mol. The van der Waals surface area contributed by atoms with Gasteiger partial charge in [-0.15, -0.1) is 0 Å². The average Bonchev–Trinajstić information content (AvgIpc) is 3.81. The average molecular weight is 952 g/mol. The molecule has 5 saturated heterocycles. The number of nitrogens with zero attached hydrogens (tertiary/aromatic N) is 2. The van der Waals surface area contributed by atoms with Crippen LogP contribution in [0.4, 0.5) is 0 Å². The van der Waals surface area contributed by atoms with Gasteiger partial charge in [0.05, 0.1) is 35.5 Å². The molecule has 0 aliphatic carbocycles. The van der Waals surface area contributed by atoms with Crippen molar-refractivity contribution in [2.75, 3.05) is 34.4 Å². The number of Topliss-reactive ketones (excluding diaryl/α,β-unsaturated/α-hetero) is 2. The number of likely N-dealkylation sites (N-methyl/N-ethyl adjacent to an activating group) is 1. The van der Waals surface area contributed by atoms with Gasteiger partial charge in [-0.05, 0) is 92.6 Å². The van der Waals surface area contributed by atoms with Gasteiger partial charge < -0.3 is 58.3 Å². The molecule has 376 valence electrons. The van der Waals surface area contributed by atoms with E-state index in [0.717, 1.165) is 16.5 Å². The van der Waals surface area contributed by atoms with Gasteiger partial charge in [0, 0.05) is 55.0 Å². The SMILES string of the molecule is CC[C@H]1OC(=O)[C@H](C)C(=O)[C@H](OC2C[C@@](C)(OC)C(O)[C@H](C)O2)[C@@H](O[C@@H]2O[C@H](C)C[C@H](N(C)C)[C@H]2O)[C@@](C)(OC/C=C/c2cnc3ccccc3c2)C[C@@H](C)C(=O)C2(C)CNC3C(=O)O[C@@]1(C)C32. The summed E-state index contributed by atoms with van der Waals surface area (Å²) in [5, 5.41) is 27.4. The Balaban J connectivity index is 1.38. The van der Waals surface area contributed by atoms with Crippen LogP contribution in [0.3, 0.4) is 0 Å². The highest BCUT2D eigenvalue weighted by atomic mass is 16.7. The minimum absolute atomic E-state index is 0.0445. The van der Waals surface area contributed by atoms with E-state index < -0.39 is 125 Å². The molecule has 0 bridgehead atoms. The number of ether oxygens (including phenoxy) is 8. The van der Waals surface area contributed by atoms with Gasteiger partial charge in [-0.2, -0.15) is 0 Å². The molecule has 68 heavy (non-hydrogen) atoms. The number of benzene rings is 1. The lowest BCUT2D eigenvalue weighted by atomic mass is 9.62. The van der Waals surface area contributed by atoms with Crippen LogP contribution in [0, 0.1) is 23.2 Å². The molecular weight excluding hydrogens is 879 g/mol. The van der Waals surface area contributed by atoms with Crippen LogP contribution in [-0.2, 0) is 57.1 Å². The van der Waals surface area contributed by atoms with Gasteiger partial charge >= 0.3 is 11.9 Å². The first kappa shape index (κ1) is 52.1. The zero-order valence-corrected chi connectivity index (χ0v) is 41.6. The number of aliphatic hydroxyl groups is 2. The normalized spacial score (nSPS) is 42.9. The number of hydrogen-bond donors (Lipinski definition) is 3. The van der Waals surface area contributed by atoms with Crippen molar-refractivity contribution in [3.05, 3.63) is 48.2 Å². The maximum atomic E-state index is 15.5. The Kier molecular flexibility index (Phi) is 15.4. The van der Waals surface area contributed by atoms with E-state index in [1.165, 1.54) is 14.0 Å². The second-order valence-corrected chi connectivity index (χ2v) is 20.9. The van der Waals surface area contributed by atoms with Crippen LogP contribution in [0.15, 0.2) is 42.6 Å². The van der Waals surface area contributed by atoms with Crippen molar-refractivity contribution < 1.29 is 67.3 Å². The number of nitrogens with one attached hydrogen (secondary N) is 1. The van der Waals surface area contributed by atoms with E-state index >= 15 is 9.59 Å². The molecule has 0 amide bonds. The van der Waals surface area contributed by atoms with Crippen molar-refractivity contribution in [2.24, 2.45) is 23.2 Å². The van der Waals surface area contributed by atoms with Crippen LogP contribution in [0.1, 0.15) is 93.6 Å². The van der Waals surface area contributed by atoms with Crippen molar-refractivity contribution in [3.8, 4) is 0 Å². The Morgan fingerprint density at radius 1 is 0.956 bits per heavy atom. The van der Waals surface area contributed by atoms with E-state index in [1.807, 2.05) is 69.3 Å². The molecule has 1 aromatic heterocycles. The number of pyridine rings is 1. The topological polar surface area (TPSA) is 211 Å². The van der Waals surface area contributed by atoms with E-state index in [4.69, 9.17) is 37.9 Å². The molecule has 3 N–H and O–H groups in total. The number of rotatable bonds is 11. The third kappa shape index (κ3) is 9.82. The number of ketones is 2. The molecule has 0 radical (unpaired) electrons. The van der Waals surface area contributed by atoms with E-state index in [1.54, 1.807) is 53.8 Å². The highest BCUT2D eigenvalue weighted by molar-refractivity contribution is 6.01. The Labute approximate surface area is 399 Å². The lowest BCUT2D eigenvalue weighted by Gasteiger charge is -2.49. The van der Waals surface area contributed by atoms with Gasteiger partial charge in [-0.3, -0.25) is 24.2 Å². The third-order valence-corrected chi connectivity index (χ3v) is 15.6. The number of hydrogen-bond acceptors (Lipinski definition) is 17. The largest absolute Gasteiger partial charge is 0.458 e. The van der Waals surface area contributed by atoms with Gasteiger partial charge in [0.1, 0.15) is 48.3 Å². The van der Waals surface area contributed by atoms with Crippen molar-refractivity contribution in [1.29, 1.82) is 0 Å². The van der Waals surface area contributed by atoms with Gasteiger partial charge in [-0.1, -0.05) is 51.1 Å². The molecule has 5 fully saturated rings. The number of methoxy groups -OCH3 is 1. The zero-order chi connectivity index (χ0) is 49.7. The molecule has 17 nitrogen and oxygen atoms in total. The monoisotopic (exact) mass is 952 g/mol. The van der Waals surface area contributed by atoms with Gasteiger partial charge in [-0.25, -0.2) is 0 Å². The molecule has 5 unspecified atom stereocenters. The summed E-state index contributed by atoms with van der Waals surface area (Å²) < 4.78 is 51.6. The fourth-order valence-corrected chi connectivity index (χ4v) is 11.7. The summed E-state index contributed by atoms with van der Waals surface area (Å²) in [5.74, 6) is -5.55. The fraction of sp³-hybridized carbons (Fsp3) is 0.706. The minimum atomic E-state index is -1.72. The van der Waals surface area contributed by atoms with Crippen molar-refractivity contribution >= 4 is 40.5 Å². The highest BCUT2D eigenvalue weighted by Gasteiger charge is 2.69. The quantitative estimate of drug-likeness (QED) is 0.213. The second kappa shape index (κ2) is 20.2. The summed E-state index contributed by atoms with van der Waals surface area (Å²) in [6, 6.07) is 8.47. The first-order valence-electron chi connectivity index (χ1n) is 24.1. The van der Waals surface area contributed by atoms with Crippen LogP contribution in [-0.4, -0.2) is 162 Å². The number of cyclic esters (lactones) is 1. The lowest BCUT2D eigenvalue weighted by Crippen LogP contribution is -2.63. The number of esters is 2. The molecule has 5 aliphatic rings. The van der Waals surface area contributed by atoms with E-state index in [0.29, 0.717) is 6.42 Å². The van der Waals surface area contributed by atoms with Crippen molar-refractivity contribution in [3.63, 3.8) is 0 Å². The summed E-state index contributed by atoms with van der Waals surface area (Å²) in [4.78, 5) is 65.6. The van der Waals surface area contributed by atoms with Gasteiger partial charge in [0.2, 0.25) is 0 Å². The van der Waals surface area contributed by atoms with Crippen LogP contribution >= 0.6 is 0 Å². The third-order valence-electron chi connectivity index (χ3n) is 15.6. The number of fused-ring (bicyclic) bond motifs is 1. The van der Waals surface area contributed by atoms with Crippen LogP contribution < -0.4 is 5.32 Å². The van der Waals surface area contributed by atoms with Gasteiger partial charge in [0.15, 0.2) is 24.0 Å². The smallest absolute Gasteiger partial charge is 0.324 e. The second-order valence-electron chi connectivity index (χ2n) is 20.9. The number of aliphatic hydroxyl groups excluding tert-OH is 2. The molecule has 1 aromatic carbocycles. The molecule has 17 heteroatoms. The molecule has 5 aliphatic heterocycles. The molecule has 0 saturated carbocycles. The van der Waals surface area contributed by atoms with E-state index in [-0.39, 0.29) is 38.2 Å². The fourth-order valence-electron chi connectivity index (χ4n) is 11.7. The molecule has 6 heterocycles. The predicted octanol–water partition coefficient (Wildman–Crippen LogP) is 4.17. The summed E-state index contributed by atoms with van der Waals surface area (Å²) in [6.45, 7) is 15.5. The Morgan fingerprint density at radius 2 is 1.68 bits per heavy atom. The highest BCUT2D eigenvalue weighted by Crippen LogP contribution is 2.53. The Bertz CT molecular complexity index is 2210. The molecular formula is C51H73N3O14. The maximum absolute atomic E-state index is 15.5. The van der Waals surface area contributed by atoms with Crippen molar-refractivity contribution in [2.45, 2.75) is 172 Å².